The molecule has 1 N–H and O–H groups in total. The first-order valence-corrected chi connectivity index (χ1v) is 8.36. The van der Waals surface area contributed by atoms with Gasteiger partial charge in [-0.05, 0) is 36.8 Å². The van der Waals surface area contributed by atoms with Gasteiger partial charge < -0.3 is 14.5 Å². The molecule has 0 spiro atoms. The van der Waals surface area contributed by atoms with Crippen LogP contribution in [0.5, 0.6) is 0 Å². The summed E-state index contributed by atoms with van der Waals surface area (Å²) < 4.78 is 2.17. The molecule has 0 saturated carbocycles. The summed E-state index contributed by atoms with van der Waals surface area (Å²) >= 11 is 0. The number of carbonyl (C=O) groups is 1. The quantitative estimate of drug-likeness (QED) is 0.784. The molecule has 1 amide bonds. The molecule has 4 rings (SSSR count). The first-order valence-electron chi connectivity index (χ1n) is 8.36. The maximum atomic E-state index is 13.1. The van der Waals surface area contributed by atoms with E-state index in [1.165, 1.54) is 0 Å². The van der Waals surface area contributed by atoms with Gasteiger partial charge in [0.25, 0.3) is 11.5 Å². The van der Waals surface area contributed by atoms with E-state index in [9.17, 15) is 9.59 Å². The van der Waals surface area contributed by atoms with Crippen molar-refractivity contribution < 1.29 is 4.79 Å². The molecule has 2 aromatic heterocycles. The largest absolute Gasteiger partial charge is 0.348 e. The van der Waals surface area contributed by atoms with Gasteiger partial charge in [-0.15, -0.1) is 0 Å². The maximum Gasteiger partial charge on any atom is 0.260 e. The van der Waals surface area contributed by atoms with Crippen molar-refractivity contribution in [1.82, 2.24) is 14.5 Å². The number of nitrogens with zero attached hydrogens (tertiary/aromatic N) is 2. The van der Waals surface area contributed by atoms with Gasteiger partial charge in [0.1, 0.15) is 5.56 Å². The highest BCUT2D eigenvalue weighted by molar-refractivity contribution is 5.94. The van der Waals surface area contributed by atoms with Crippen LogP contribution in [0.25, 0.3) is 0 Å². The van der Waals surface area contributed by atoms with Crippen molar-refractivity contribution >= 4 is 5.91 Å². The lowest BCUT2D eigenvalue weighted by atomic mass is 9.99. The van der Waals surface area contributed by atoms with Crippen LogP contribution in [-0.4, -0.2) is 26.9 Å². The predicted molar refractivity (Wildman–Crippen MR) is 95.6 cm³/mol. The van der Waals surface area contributed by atoms with Crippen molar-refractivity contribution in [2.75, 3.05) is 6.54 Å². The van der Waals surface area contributed by atoms with E-state index in [1.54, 1.807) is 24.0 Å². The number of aromatic nitrogens is 2. The predicted octanol–water partition coefficient (Wildman–Crippen LogP) is 2.73. The van der Waals surface area contributed by atoms with E-state index in [1.807, 2.05) is 48.7 Å². The number of benzene rings is 1. The van der Waals surface area contributed by atoms with Crippen LogP contribution in [0.15, 0.2) is 65.6 Å². The molecule has 0 bridgehead atoms. The summed E-state index contributed by atoms with van der Waals surface area (Å²) in [5.74, 6) is -0.234. The van der Waals surface area contributed by atoms with E-state index in [2.05, 4.69) is 9.55 Å². The Bertz CT molecular complexity index is 972. The fourth-order valence-electron chi connectivity index (χ4n) is 3.48. The molecule has 126 valence electrons. The fourth-order valence-corrected chi connectivity index (χ4v) is 3.48. The number of aryl methyl sites for hydroxylation is 1. The Labute approximate surface area is 145 Å². The van der Waals surface area contributed by atoms with Gasteiger partial charge in [-0.2, -0.15) is 0 Å². The van der Waals surface area contributed by atoms with Gasteiger partial charge in [-0.3, -0.25) is 9.59 Å². The molecule has 0 fully saturated rings. The van der Waals surface area contributed by atoms with Gasteiger partial charge in [-0.1, -0.05) is 30.3 Å². The normalized spacial score (nSPS) is 16.5. The number of nitrogens with one attached hydrogen (secondary N) is 1. The van der Waals surface area contributed by atoms with E-state index >= 15 is 0 Å². The minimum absolute atomic E-state index is 0.187. The molecule has 1 aliphatic rings. The molecule has 5 nitrogen and oxygen atoms in total. The van der Waals surface area contributed by atoms with Gasteiger partial charge in [0, 0.05) is 30.7 Å². The van der Waals surface area contributed by atoms with Crippen LogP contribution in [0, 0.1) is 6.92 Å². The molecule has 1 aromatic carbocycles. The molecule has 1 atom stereocenters. The van der Waals surface area contributed by atoms with E-state index in [0.717, 1.165) is 23.5 Å². The molecule has 5 heteroatoms. The zero-order chi connectivity index (χ0) is 17.4. The highest BCUT2D eigenvalue weighted by atomic mass is 16.2. The number of aromatic amines is 1. The molecule has 3 heterocycles. The number of amides is 1. The van der Waals surface area contributed by atoms with Crippen molar-refractivity contribution in [2.24, 2.45) is 0 Å². The second-order valence-electron chi connectivity index (χ2n) is 6.32. The summed E-state index contributed by atoms with van der Waals surface area (Å²) in [5, 5.41) is 0. The number of hydrogen-bond acceptors (Lipinski definition) is 2. The summed E-state index contributed by atoms with van der Waals surface area (Å²) in [4.78, 5) is 29.9. The van der Waals surface area contributed by atoms with Crippen LogP contribution in [0.4, 0.5) is 0 Å². The molecule has 0 aliphatic carbocycles. The lowest BCUT2D eigenvalue weighted by Crippen LogP contribution is -2.44. The first-order chi connectivity index (χ1) is 12.1. The third-order valence-corrected chi connectivity index (χ3v) is 4.70. The van der Waals surface area contributed by atoms with E-state index in [0.29, 0.717) is 6.54 Å². The zero-order valence-electron chi connectivity index (χ0n) is 14.0. The first kappa shape index (κ1) is 15.4. The van der Waals surface area contributed by atoms with Crippen LogP contribution in [-0.2, 0) is 6.54 Å². The topological polar surface area (TPSA) is 58.1 Å². The minimum atomic E-state index is -0.335. The van der Waals surface area contributed by atoms with Crippen molar-refractivity contribution in [3.05, 3.63) is 93.7 Å². The summed E-state index contributed by atoms with van der Waals surface area (Å²) in [6.07, 6.45) is 2.03. The summed E-state index contributed by atoms with van der Waals surface area (Å²) in [7, 11) is 0. The molecule has 25 heavy (non-hydrogen) atoms. The third kappa shape index (κ3) is 2.67. The van der Waals surface area contributed by atoms with E-state index < -0.39 is 0 Å². The highest BCUT2D eigenvalue weighted by Gasteiger charge is 2.33. The SMILES string of the molecule is Cc1ccc(C(=O)N2CCn3cccc3[C@@H]2c2ccccc2)c(=O)[nH]1. The summed E-state index contributed by atoms with van der Waals surface area (Å²) in [6, 6.07) is 17.2. The molecule has 0 radical (unpaired) electrons. The highest BCUT2D eigenvalue weighted by Crippen LogP contribution is 2.33. The molecule has 1 aliphatic heterocycles. The maximum absolute atomic E-state index is 13.1. The van der Waals surface area contributed by atoms with Crippen molar-refractivity contribution in [3.8, 4) is 0 Å². The van der Waals surface area contributed by atoms with Crippen LogP contribution in [0.1, 0.15) is 33.4 Å². The number of H-pyrrole nitrogens is 1. The number of pyridine rings is 1. The summed E-state index contributed by atoms with van der Waals surface area (Å²) in [5.41, 5.74) is 2.70. The Kier molecular flexibility index (Phi) is 3.76. The Morgan fingerprint density at radius 2 is 1.84 bits per heavy atom. The van der Waals surface area contributed by atoms with Crippen LogP contribution >= 0.6 is 0 Å². The Morgan fingerprint density at radius 1 is 1.04 bits per heavy atom. The van der Waals surface area contributed by atoms with Crippen molar-refractivity contribution in [3.63, 3.8) is 0 Å². The molecule has 0 unspecified atom stereocenters. The average molecular weight is 333 g/mol. The monoisotopic (exact) mass is 333 g/mol. The van der Waals surface area contributed by atoms with Gasteiger partial charge in [-0.25, -0.2) is 0 Å². The van der Waals surface area contributed by atoms with Gasteiger partial charge in [0.15, 0.2) is 0 Å². The number of hydrogen-bond donors (Lipinski definition) is 1. The molecular formula is C20H19N3O2. The zero-order valence-corrected chi connectivity index (χ0v) is 14.0. The minimum Gasteiger partial charge on any atom is -0.348 e. The Morgan fingerprint density at radius 3 is 2.60 bits per heavy atom. The van der Waals surface area contributed by atoms with Gasteiger partial charge in [0.2, 0.25) is 0 Å². The Hall–Kier alpha value is -3.08. The average Bonchev–Trinajstić information content (AvgIpc) is 3.10. The third-order valence-electron chi connectivity index (χ3n) is 4.70. The van der Waals surface area contributed by atoms with Crippen molar-refractivity contribution in [2.45, 2.75) is 19.5 Å². The number of rotatable bonds is 2. The van der Waals surface area contributed by atoms with Crippen LogP contribution < -0.4 is 5.56 Å². The fraction of sp³-hybridized carbons (Fsp3) is 0.200. The number of carbonyl (C=O) groups excluding carboxylic acids is 1. The molecule has 0 saturated heterocycles. The van der Waals surface area contributed by atoms with Gasteiger partial charge in [0.05, 0.1) is 6.04 Å². The smallest absolute Gasteiger partial charge is 0.260 e. The second kappa shape index (κ2) is 6.09. The lowest BCUT2D eigenvalue weighted by Gasteiger charge is -2.37. The molecular weight excluding hydrogens is 314 g/mol. The standard InChI is InChI=1S/C20H19N3O2/c1-14-9-10-16(19(24)21-14)20(25)23-13-12-22-11-5-8-17(22)18(23)15-6-3-2-4-7-15/h2-11,18H,12-13H2,1H3,(H,21,24)/t18-/m0/s1. The Balaban J connectivity index is 1.80. The lowest BCUT2D eigenvalue weighted by molar-refractivity contribution is 0.0662. The molecule has 3 aromatic rings. The van der Waals surface area contributed by atoms with Crippen molar-refractivity contribution in [1.29, 1.82) is 0 Å². The van der Waals surface area contributed by atoms with Crippen LogP contribution in [0.3, 0.4) is 0 Å². The van der Waals surface area contributed by atoms with E-state index in [4.69, 9.17) is 0 Å². The summed E-state index contributed by atoms with van der Waals surface area (Å²) in [6.45, 7) is 3.09. The van der Waals surface area contributed by atoms with E-state index in [-0.39, 0.29) is 23.1 Å². The van der Waals surface area contributed by atoms with Gasteiger partial charge >= 0.3 is 0 Å². The second-order valence-corrected chi connectivity index (χ2v) is 6.32. The number of fused-ring (bicyclic) bond motifs is 1. The van der Waals surface area contributed by atoms with Crippen LogP contribution in [0.2, 0.25) is 0 Å².